The number of aliphatic hydroxyl groups is 1. The van der Waals surface area contributed by atoms with Gasteiger partial charge in [-0.05, 0) is 29.3 Å². The highest BCUT2D eigenvalue weighted by atomic mass is 16.3. The lowest BCUT2D eigenvalue weighted by atomic mass is 9.88. The Morgan fingerprint density at radius 2 is 1.69 bits per heavy atom. The quantitative estimate of drug-likeness (QED) is 0.795. The van der Waals surface area contributed by atoms with Gasteiger partial charge in [-0.3, -0.25) is 4.79 Å². The number of fused-ring (bicyclic) bond motifs is 1. The molecule has 1 aliphatic heterocycles. The molecule has 0 spiro atoms. The zero-order chi connectivity index (χ0) is 18.1. The number of nitrogens with zero attached hydrogens (tertiary/aromatic N) is 2. The molecule has 4 nitrogen and oxygen atoms in total. The predicted molar refractivity (Wildman–Crippen MR) is 98.2 cm³/mol. The van der Waals surface area contributed by atoms with E-state index in [-0.39, 0.29) is 5.91 Å². The number of anilines is 1. The van der Waals surface area contributed by atoms with E-state index in [0.29, 0.717) is 28.9 Å². The van der Waals surface area contributed by atoms with Crippen molar-refractivity contribution in [1.29, 1.82) is 5.26 Å². The molecular formula is C22H16N2O2. The molecule has 1 atom stereocenters. The molecule has 126 valence electrons. The Morgan fingerprint density at radius 3 is 2.46 bits per heavy atom. The maximum atomic E-state index is 13.3. The first-order chi connectivity index (χ1) is 12.6. The normalized spacial score (nSPS) is 18.5. The first kappa shape index (κ1) is 16.1. The molecule has 3 aromatic carbocycles. The smallest absolute Gasteiger partial charge is 0.268 e. The van der Waals surface area contributed by atoms with Crippen molar-refractivity contribution in [3.05, 3.63) is 101 Å². The topological polar surface area (TPSA) is 64.3 Å². The van der Waals surface area contributed by atoms with E-state index in [2.05, 4.69) is 6.07 Å². The largest absolute Gasteiger partial charge is 0.372 e. The first-order valence-corrected chi connectivity index (χ1v) is 8.33. The number of amides is 1. The number of carbonyl (C=O) groups is 1. The van der Waals surface area contributed by atoms with Gasteiger partial charge in [0.1, 0.15) is 0 Å². The van der Waals surface area contributed by atoms with Gasteiger partial charge in [0.15, 0.2) is 5.60 Å². The molecule has 0 radical (unpaired) electrons. The Hall–Kier alpha value is -3.42. The molecule has 0 aromatic heterocycles. The van der Waals surface area contributed by atoms with E-state index in [1.165, 1.54) is 0 Å². The second kappa shape index (κ2) is 6.14. The van der Waals surface area contributed by atoms with Crippen LogP contribution in [0.4, 0.5) is 5.69 Å². The highest BCUT2D eigenvalue weighted by Gasteiger charge is 2.50. The van der Waals surface area contributed by atoms with Gasteiger partial charge >= 0.3 is 0 Å². The number of rotatable bonds is 3. The van der Waals surface area contributed by atoms with Crippen LogP contribution in [0.5, 0.6) is 0 Å². The van der Waals surface area contributed by atoms with Crippen LogP contribution < -0.4 is 4.90 Å². The van der Waals surface area contributed by atoms with Crippen LogP contribution in [0.15, 0.2) is 78.9 Å². The van der Waals surface area contributed by atoms with Crippen molar-refractivity contribution in [1.82, 2.24) is 0 Å². The van der Waals surface area contributed by atoms with Gasteiger partial charge in [-0.1, -0.05) is 60.7 Å². The van der Waals surface area contributed by atoms with Crippen LogP contribution in [0.1, 0.15) is 22.3 Å². The molecule has 1 heterocycles. The Balaban J connectivity index is 1.80. The number of nitriles is 1. The first-order valence-electron chi connectivity index (χ1n) is 8.33. The maximum Gasteiger partial charge on any atom is 0.268 e. The molecule has 0 unspecified atom stereocenters. The van der Waals surface area contributed by atoms with Gasteiger partial charge in [-0.15, -0.1) is 0 Å². The molecule has 1 amide bonds. The van der Waals surface area contributed by atoms with Crippen LogP contribution in [0.25, 0.3) is 0 Å². The molecule has 0 saturated heterocycles. The summed E-state index contributed by atoms with van der Waals surface area (Å²) in [7, 11) is 0. The SMILES string of the molecule is N#Cc1cccc(CN2C(=O)[C@@](O)(c3ccccc3)c3ccccc32)c1. The predicted octanol–water partition coefficient (Wildman–Crippen LogP) is 3.34. The molecule has 0 saturated carbocycles. The maximum absolute atomic E-state index is 13.3. The molecule has 1 aliphatic rings. The fourth-order valence-electron chi connectivity index (χ4n) is 3.47. The van der Waals surface area contributed by atoms with Gasteiger partial charge in [0, 0.05) is 5.56 Å². The van der Waals surface area contributed by atoms with Crippen molar-refractivity contribution in [2.24, 2.45) is 0 Å². The monoisotopic (exact) mass is 340 g/mol. The molecule has 4 heteroatoms. The summed E-state index contributed by atoms with van der Waals surface area (Å²) in [6.45, 7) is 0.292. The van der Waals surface area contributed by atoms with Crippen LogP contribution in [-0.2, 0) is 16.9 Å². The highest BCUT2D eigenvalue weighted by Crippen LogP contribution is 2.44. The lowest BCUT2D eigenvalue weighted by Gasteiger charge is -2.23. The fourth-order valence-corrected chi connectivity index (χ4v) is 3.47. The van der Waals surface area contributed by atoms with E-state index in [0.717, 1.165) is 5.56 Å². The van der Waals surface area contributed by atoms with E-state index in [1.807, 2.05) is 42.5 Å². The summed E-state index contributed by atoms with van der Waals surface area (Å²) >= 11 is 0. The van der Waals surface area contributed by atoms with Crippen molar-refractivity contribution in [3.63, 3.8) is 0 Å². The number of carbonyl (C=O) groups excluding carboxylic acids is 1. The summed E-state index contributed by atoms with van der Waals surface area (Å²) in [6, 6.07) is 25.5. The molecule has 3 aromatic rings. The van der Waals surface area contributed by atoms with E-state index >= 15 is 0 Å². The summed E-state index contributed by atoms with van der Waals surface area (Å²) in [4.78, 5) is 14.8. The summed E-state index contributed by atoms with van der Waals surface area (Å²) in [5.41, 5.74) is 1.49. The minimum Gasteiger partial charge on any atom is -0.372 e. The van der Waals surface area contributed by atoms with Gasteiger partial charge < -0.3 is 10.0 Å². The standard InChI is InChI=1S/C22H16N2O2/c23-14-16-7-6-8-17(13-16)15-24-20-12-5-4-11-19(20)22(26,21(24)25)18-9-2-1-3-10-18/h1-13,26H,15H2/t22-/m1/s1. The fraction of sp³-hybridized carbons (Fsp3) is 0.0909. The van der Waals surface area contributed by atoms with Crippen molar-refractivity contribution >= 4 is 11.6 Å². The van der Waals surface area contributed by atoms with Crippen LogP contribution in [0.3, 0.4) is 0 Å². The summed E-state index contributed by atoms with van der Waals surface area (Å²) in [5, 5.41) is 20.5. The second-order valence-electron chi connectivity index (χ2n) is 6.30. The second-order valence-corrected chi connectivity index (χ2v) is 6.30. The van der Waals surface area contributed by atoms with Gasteiger partial charge in [0.25, 0.3) is 5.91 Å². The summed E-state index contributed by atoms with van der Waals surface area (Å²) in [6.07, 6.45) is 0. The van der Waals surface area contributed by atoms with E-state index in [9.17, 15) is 9.90 Å². The number of para-hydroxylation sites is 1. The molecule has 0 aliphatic carbocycles. The molecular weight excluding hydrogens is 324 g/mol. The highest BCUT2D eigenvalue weighted by molar-refractivity contribution is 6.09. The average molecular weight is 340 g/mol. The zero-order valence-electron chi connectivity index (χ0n) is 14.0. The molecule has 0 fully saturated rings. The van der Waals surface area contributed by atoms with Gasteiger partial charge in [0.05, 0.1) is 23.9 Å². The van der Waals surface area contributed by atoms with Gasteiger partial charge in [-0.25, -0.2) is 0 Å². The van der Waals surface area contributed by atoms with Crippen molar-refractivity contribution in [3.8, 4) is 6.07 Å². The average Bonchev–Trinajstić information content (AvgIpc) is 2.92. The van der Waals surface area contributed by atoms with E-state index in [4.69, 9.17) is 5.26 Å². The minimum atomic E-state index is -1.70. The van der Waals surface area contributed by atoms with Gasteiger partial charge in [0.2, 0.25) is 0 Å². The number of hydrogen-bond acceptors (Lipinski definition) is 3. The van der Waals surface area contributed by atoms with E-state index < -0.39 is 5.60 Å². The molecule has 4 rings (SSSR count). The Morgan fingerprint density at radius 1 is 0.962 bits per heavy atom. The zero-order valence-corrected chi connectivity index (χ0v) is 14.0. The van der Waals surface area contributed by atoms with Crippen LogP contribution in [-0.4, -0.2) is 11.0 Å². The summed E-state index contributed by atoms with van der Waals surface area (Å²) in [5.74, 6) is -0.382. The third-order valence-corrected chi connectivity index (χ3v) is 4.73. The third-order valence-electron chi connectivity index (χ3n) is 4.73. The van der Waals surface area contributed by atoms with Crippen molar-refractivity contribution in [2.45, 2.75) is 12.1 Å². The van der Waals surface area contributed by atoms with Gasteiger partial charge in [-0.2, -0.15) is 5.26 Å². The lowest BCUT2D eigenvalue weighted by Crippen LogP contribution is -2.40. The van der Waals surface area contributed by atoms with Crippen LogP contribution >= 0.6 is 0 Å². The lowest BCUT2D eigenvalue weighted by molar-refractivity contribution is -0.132. The van der Waals surface area contributed by atoms with E-state index in [1.54, 1.807) is 41.3 Å². The molecule has 0 bridgehead atoms. The third kappa shape index (κ3) is 2.38. The van der Waals surface area contributed by atoms with Crippen LogP contribution in [0.2, 0.25) is 0 Å². The number of hydrogen-bond donors (Lipinski definition) is 1. The van der Waals surface area contributed by atoms with Crippen molar-refractivity contribution in [2.75, 3.05) is 4.90 Å². The summed E-state index contributed by atoms with van der Waals surface area (Å²) < 4.78 is 0. The van der Waals surface area contributed by atoms with Crippen molar-refractivity contribution < 1.29 is 9.90 Å². The number of benzene rings is 3. The molecule has 26 heavy (non-hydrogen) atoms. The Bertz CT molecular complexity index is 1020. The minimum absolute atomic E-state index is 0.292. The van der Waals surface area contributed by atoms with Crippen LogP contribution in [0, 0.1) is 11.3 Å². The molecule has 1 N–H and O–H groups in total. The Labute approximate surface area is 151 Å². The Kier molecular flexibility index (Phi) is 3.80.